The van der Waals surface area contributed by atoms with E-state index < -0.39 is 0 Å². The highest BCUT2D eigenvalue weighted by Crippen LogP contribution is 2.43. The number of aryl methyl sites for hydroxylation is 1. The van der Waals surface area contributed by atoms with Gasteiger partial charge >= 0.3 is 0 Å². The third-order valence-corrected chi connectivity index (χ3v) is 4.57. The molecular formula is C19H22N2. The highest BCUT2D eigenvalue weighted by atomic mass is 14.9. The Kier molecular flexibility index (Phi) is 3.87. The molecule has 0 unspecified atom stereocenters. The summed E-state index contributed by atoms with van der Waals surface area (Å²) in [6.45, 7) is 5.86. The summed E-state index contributed by atoms with van der Waals surface area (Å²) < 4.78 is 0. The molecule has 1 fully saturated rings. The Labute approximate surface area is 127 Å². The van der Waals surface area contributed by atoms with Crippen LogP contribution in [0.3, 0.4) is 0 Å². The van der Waals surface area contributed by atoms with Gasteiger partial charge in [-0.3, -0.25) is 0 Å². The first-order valence-electron chi connectivity index (χ1n) is 7.74. The third-order valence-electron chi connectivity index (χ3n) is 4.57. The molecule has 0 radical (unpaired) electrons. The number of nitrogens with zero attached hydrogens (tertiary/aromatic N) is 2. The second-order valence-corrected chi connectivity index (χ2v) is 6.08. The Morgan fingerprint density at radius 3 is 2.52 bits per heavy atom. The summed E-state index contributed by atoms with van der Waals surface area (Å²) in [5.74, 6) is 0.954. The summed E-state index contributed by atoms with van der Waals surface area (Å²) in [5.41, 5.74) is 3.61. The first-order valence-corrected chi connectivity index (χ1v) is 7.74. The Bertz CT molecular complexity index is 625. The highest BCUT2D eigenvalue weighted by molar-refractivity contribution is 5.42. The molecular weight excluding hydrogens is 256 g/mol. The zero-order valence-corrected chi connectivity index (χ0v) is 12.7. The quantitative estimate of drug-likeness (QED) is 0.824. The monoisotopic (exact) mass is 278 g/mol. The molecule has 1 aliphatic rings. The predicted molar refractivity (Wildman–Crippen MR) is 87.2 cm³/mol. The van der Waals surface area contributed by atoms with Crippen LogP contribution >= 0.6 is 0 Å². The Hall–Kier alpha value is -1.96. The summed E-state index contributed by atoms with van der Waals surface area (Å²) >= 11 is 0. The van der Waals surface area contributed by atoms with Gasteiger partial charge in [0, 0.05) is 17.5 Å². The summed E-state index contributed by atoms with van der Waals surface area (Å²) in [6, 6.07) is 12.9. The van der Waals surface area contributed by atoms with Crippen LogP contribution in [0.2, 0.25) is 0 Å². The van der Waals surface area contributed by atoms with E-state index in [0.29, 0.717) is 0 Å². The van der Waals surface area contributed by atoms with Crippen LogP contribution in [0.4, 0.5) is 0 Å². The lowest BCUT2D eigenvalue weighted by Crippen LogP contribution is -2.26. The molecule has 2 nitrogen and oxygen atoms in total. The average Bonchev–Trinajstić information content (AvgIpc) is 2.97. The zero-order chi connectivity index (χ0) is 14.7. The van der Waals surface area contributed by atoms with Gasteiger partial charge in [-0.1, -0.05) is 49.8 Å². The lowest BCUT2D eigenvalue weighted by Gasteiger charge is -2.29. The van der Waals surface area contributed by atoms with Crippen LogP contribution in [0, 0.1) is 6.92 Å². The van der Waals surface area contributed by atoms with Gasteiger partial charge in [-0.2, -0.15) is 0 Å². The molecule has 2 aromatic rings. The van der Waals surface area contributed by atoms with E-state index in [2.05, 4.69) is 46.9 Å². The first kappa shape index (κ1) is 14.0. The lowest BCUT2D eigenvalue weighted by atomic mass is 9.76. The molecule has 1 aliphatic carbocycles. The average molecular weight is 278 g/mol. The second-order valence-electron chi connectivity index (χ2n) is 6.08. The smallest absolute Gasteiger partial charge is 0.130 e. The first-order chi connectivity index (χ1) is 10.2. The second kappa shape index (κ2) is 5.80. The highest BCUT2D eigenvalue weighted by Gasteiger charge is 2.36. The van der Waals surface area contributed by atoms with Crippen molar-refractivity contribution in [1.29, 1.82) is 0 Å². The van der Waals surface area contributed by atoms with E-state index in [-0.39, 0.29) is 5.41 Å². The number of rotatable bonds is 4. The molecule has 1 aromatic heterocycles. The van der Waals surface area contributed by atoms with Gasteiger partial charge in [0.05, 0.1) is 5.69 Å². The largest absolute Gasteiger partial charge is 0.238 e. The van der Waals surface area contributed by atoms with Gasteiger partial charge in [-0.15, -0.1) is 0 Å². The molecule has 0 spiro atoms. The normalized spacial score (nSPS) is 16.8. The SMILES string of the molecule is C=Cc1cc(C)nc(CC2(c3ccccc3)CCCC2)n1. The van der Waals surface area contributed by atoms with E-state index in [1.54, 1.807) is 0 Å². The third kappa shape index (κ3) is 2.90. The molecule has 2 heteroatoms. The number of hydrogen-bond donors (Lipinski definition) is 0. The van der Waals surface area contributed by atoms with Crippen molar-refractivity contribution in [1.82, 2.24) is 9.97 Å². The van der Waals surface area contributed by atoms with Crippen LogP contribution in [0.15, 0.2) is 43.0 Å². The summed E-state index contributed by atoms with van der Waals surface area (Å²) in [4.78, 5) is 9.31. The summed E-state index contributed by atoms with van der Waals surface area (Å²) in [5, 5.41) is 0. The van der Waals surface area contributed by atoms with E-state index in [1.807, 2.05) is 19.1 Å². The minimum atomic E-state index is 0.216. The van der Waals surface area contributed by atoms with Gasteiger partial charge in [0.1, 0.15) is 5.82 Å². The van der Waals surface area contributed by atoms with Gasteiger partial charge in [0.15, 0.2) is 0 Å². The molecule has 0 saturated heterocycles. The van der Waals surface area contributed by atoms with Crippen LogP contribution in [0.1, 0.15) is 48.5 Å². The lowest BCUT2D eigenvalue weighted by molar-refractivity contribution is 0.426. The van der Waals surface area contributed by atoms with Gasteiger partial charge in [-0.25, -0.2) is 9.97 Å². The topological polar surface area (TPSA) is 25.8 Å². The maximum absolute atomic E-state index is 4.66. The zero-order valence-electron chi connectivity index (χ0n) is 12.7. The van der Waals surface area contributed by atoms with Crippen LogP contribution in [0.5, 0.6) is 0 Å². The standard InChI is InChI=1S/C19H22N2/c1-3-17-13-15(2)20-18(21-17)14-19(11-7-8-12-19)16-9-5-4-6-10-16/h3-6,9-10,13H,1,7-8,11-12,14H2,2H3. The maximum Gasteiger partial charge on any atom is 0.130 e. The van der Waals surface area contributed by atoms with Crippen LogP contribution in [-0.2, 0) is 11.8 Å². The molecule has 0 atom stereocenters. The van der Waals surface area contributed by atoms with Gasteiger partial charge in [0.2, 0.25) is 0 Å². The Balaban J connectivity index is 1.96. The fourth-order valence-electron chi connectivity index (χ4n) is 3.55. The van der Waals surface area contributed by atoms with Crippen molar-refractivity contribution in [3.05, 3.63) is 65.8 Å². The Morgan fingerprint density at radius 2 is 1.86 bits per heavy atom. The summed E-state index contributed by atoms with van der Waals surface area (Å²) in [7, 11) is 0. The van der Waals surface area contributed by atoms with Crippen molar-refractivity contribution in [2.45, 2.75) is 44.4 Å². The maximum atomic E-state index is 4.66. The van der Waals surface area contributed by atoms with E-state index >= 15 is 0 Å². The number of benzene rings is 1. The summed E-state index contributed by atoms with van der Waals surface area (Å²) in [6.07, 6.45) is 7.81. The van der Waals surface area contributed by atoms with Gasteiger partial charge in [0.25, 0.3) is 0 Å². The van der Waals surface area contributed by atoms with Crippen molar-refractivity contribution in [2.75, 3.05) is 0 Å². The number of aromatic nitrogens is 2. The fourth-order valence-corrected chi connectivity index (χ4v) is 3.55. The molecule has 1 heterocycles. The van der Waals surface area contributed by atoms with Crippen LogP contribution in [0.25, 0.3) is 6.08 Å². The van der Waals surface area contributed by atoms with E-state index in [1.165, 1.54) is 31.2 Å². The van der Waals surface area contributed by atoms with Gasteiger partial charge in [-0.05, 0) is 37.5 Å². The van der Waals surface area contributed by atoms with Crippen LogP contribution < -0.4 is 0 Å². The van der Waals surface area contributed by atoms with Crippen molar-refractivity contribution in [3.63, 3.8) is 0 Å². The molecule has 108 valence electrons. The minimum absolute atomic E-state index is 0.216. The molecule has 1 aromatic carbocycles. The molecule has 1 saturated carbocycles. The van der Waals surface area contributed by atoms with Crippen LogP contribution in [-0.4, -0.2) is 9.97 Å². The van der Waals surface area contributed by atoms with E-state index in [4.69, 9.17) is 0 Å². The van der Waals surface area contributed by atoms with Crippen molar-refractivity contribution in [2.24, 2.45) is 0 Å². The molecule has 0 N–H and O–H groups in total. The molecule has 0 amide bonds. The molecule has 0 aliphatic heterocycles. The number of hydrogen-bond acceptors (Lipinski definition) is 2. The predicted octanol–water partition coefficient (Wildman–Crippen LogP) is 4.48. The van der Waals surface area contributed by atoms with Gasteiger partial charge < -0.3 is 0 Å². The minimum Gasteiger partial charge on any atom is -0.238 e. The Morgan fingerprint density at radius 1 is 1.14 bits per heavy atom. The van der Waals surface area contributed by atoms with E-state index in [0.717, 1.165) is 23.6 Å². The molecule has 3 rings (SSSR count). The molecule has 0 bridgehead atoms. The van der Waals surface area contributed by atoms with Crippen molar-refractivity contribution in [3.8, 4) is 0 Å². The fraction of sp³-hybridized carbons (Fsp3) is 0.368. The van der Waals surface area contributed by atoms with Crippen molar-refractivity contribution < 1.29 is 0 Å². The molecule has 21 heavy (non-hydrogen) atoms. The van der Waals surface area contributed by atoms with E-state index in [9.17, 15) is 0 Å². The van der Waals surface area contributed by atoms with Crippen molar-refractivity contribution >= 4 is 6.08 Å².